The van der Waals surface area contributed by atoms with E-state index in [1.807, 2.05) is 0 Å². The largest absolute Gasteiger partial charge is 0.452 e. The summed E-state index contributed by atoms with van der Waals surface area (Å²) >= 11 is 0. The lowest BCUT2D eigenvalue weighted by molar-refractivity contribution is -0.154. The van der Waals surface area contributed by atoms with Crippen molar-refractivity contribution < 1.29 is 27.5 Å². The van der Waals surface area contributed by atoms with Gasteiger partial charge in [0.25, 0.3) is 5.91 Å². The molecule has 1 unspecified atom stereocenters. The van der Waals surface area contributed by atoms with Crippen molar-refractivity contribution in [2.75, 3.05) is 0 Å². The first-order valence-electron chi connectivity index (χ1n) is 7.91. The van der Waals surface area contributed by atoms with Crippen LogP contribution in [0.5, 0.6) is 0 Å². The van der Waals surface area contributed by atoms with E-state index < -0.39 is 23.8 Å². The third-order valence-electron chi connectivity index (χ3n) is 3.98. The minimum Gasteiger partial charge on any atom is -0.452 e. The predicted octanol–water partition coefficient (Wildman–Crippen LogP) is 3.24. The summed E-state index contributed by atoms with van der Waals surface area (Å²) in [5, 5.41) is 2.81. The minimum absolute atomic E-state index is 0.113. The van der Waals surface area contributed by atoms with Gasteiger partial charge in [0.2, 0.25) is 0 Å². The van der Waals surface area contributed by atoms with Gasteiger partial charge < -0.3 is 10.1 Å². The normalized spacial score (nSPS) is 16.7. The number of ether oxygens (including phenoxy) is 1. The van der Waals surface area contributed by atoms with Crippen LogP contribution in [-0.2, 0) is 26.9 Å². The average molecular weight is 343 g/mol. The maximum Gasteiger partial charge on any atom is 0.416 e. The monoisotopic (exact) mass is 343 g/mol. The molecule has 2 rings (SSSR count). The van der Waals surface area contributed by atoms with E-state index in [0.29, 0.717) is 0 Å². The highest BCUT2D eigenvalue weighted by atomic mass is 19.4. The minimum atomic E-state index is -4.46. The second-order valence-electron chi connectivity index (χ2n) is 6.00. The van der Waals surface area contributed by atoms with Crippen LogP contribution in [0.1, 0.15) is 43.7 Å². The van der Waals surface area contributed by atoms with Crippen LogP contribution >= 0.6 is 0 Å². The van der Waals surface area contributed by atoms with E-state index in [1.54, 1.807) is 0 Å². The number of rotatable bonds is 5. The summed E-state index contributed by atoms with van der Waals surface area (Å²) in [7, 11) is 0. The van der Waals surface area contributed by atoms with Crippen molar-refractivity contribution in [3.63, 3.8) is 0 Å². The van der Waals surface area contributed by atoms with Gasteiger partial charge in [0, 0.05) is 6.04 Å². The molecule has 1 aliphatic carbocycles. The van der Waals surface area contributed by atoms with Gasteiger partial charge >= 0.3 is 12.1 Å². The van der Waals surface area contributed by atoms with Crippen LogP contribution < -0.4 is 5.32 Å². The number of carbonyl (C=O) groups is 2. The highest BCUT2D eigenvalue weighted by molar-refractivity contribution is 5.84. The van der Waals surface area contributed by atoms with E-state index in [-0.39, 0.29) is 23.9 Å². The van der Waals surface area contributed by atoms with E-state index in [0.717, 1.165) is 37.8 Å². The molecule has 1 N–H and O–H groups in total. The Kier molecular flexibility index (Phi) is 5.85. The van der Waals surface area contributed by atoms with Crippen LogP contribution in [0.2, 0.25) is 0 Å². The summed E-state index contributed by atoms with van der Waals surface area (Å²) in [6.45, 7) is 1.45. The molecule has 1 fully saturated rings. The topological polar surface area (TPSA) is 55.4 Å². The molecule has 0 spiro atoms. The molecule has 1 atom stereocenters. The van der Waals surface area contributed by atoms with Gasteiger partial charge in [-0.1, -0.05) is 31.0 Å². The van der Waals surface area contributed by atoms with Gasteiger partial charge in [-0.3, -0.25) is 9.59 Å². The molecule has 1 aliphatic rings. The maximum absolute atomic E-state index is 12.6. The number of benzene rings is 1. The van der Waals surface area contributed by atoms with Crippen LogP contribution in [0.4, 0.5) is 13.2 Å². The molecule has 7 heteroatoms. The Balaban J connectivity index is 1.87. The van der Waals surface area contributed by atoms with Gasteiger partial charge in [-0.2, -0.15) is 13.2 Å². The van der Waals surface area contributed by atoms with Gasteiger partial charge in [-0.15, -0.1) is 0 Å². The number of nitrogens with one attached hydrogen (secondary N) is 1. The van der Waals surface area contributed by atoms with E-state index in [2.05, 4.69) is 5.32 Å². The molecular weight excluding hydrogens is 323 g/mol. The molecule has 0 radical (unpaired) electrons. The molecule has 0 aliphatic heterocycles. The molecule has 0 bridgehead atoms. The lowest BCUT2D eigenvalue weighted by Gasteiger charge is -2.17. The third-order valence-corrected chi connectivity index (χ3v) is 3.98. The number of amides is 1. The number of halogens is 3. The summed E-state index contributed by atoms with van der Waals surface area (Å²) in [5.41, 5.74) is -0.627. The highest BCUT2D eigenvalue weighted by Gasteiger charge is 2.30. The fourth-order valence-electron chi connectivity index (χ4n) is 2.71. The van der Waals surface area contributed by atoms with Crippen molar-refractivity contribution in [3.8, 4) is 0 Å². The molecule has 1 saturated carbocycles. The van der Waals surface area contributed by atoms with Crippen LogP contribution in [0.3, 0.4) is 0 Å². The Morgan fingerprint density at radius 3 is 2.58 bits per heavy atom. The number of esters is 1. The molecule has 132 valence electrons. The molecule has 1 amide bonds. The summed E-state index contributed by atoms with van der Waals surface area (Å²) in [5.74, 6) is -1.11. The number of alkyl halides is 3. The Morgan fingerprint density at radius 2 is 1.96 bits per heavy atom. The fourth-order valence-corrected chi connectivity index (χ4v) is 2.71. The van der Waals surface area contributed by atoms with Crippen LogP contribution in [0, 0.1) is 0 Å². The zero-order chi connectivity index (χ0) is 17.7. The van der Waals surface area contributed by atoms with Gasteiger partial charge in [-0.25, -0.2) is 0 Å². The van der Waals surface area contributed by atoms with Crippen molar-refractivity contribution in [1.29, 1.82) is 0 Å². The van der Waals surface area contributed by atoms with E-state index in [1.165, 1.54) is 19.1 Å². The Hall–Kier alpha value is -2.05. The second kappa shape index (κ2) is 7.68. The molecule has 0 aromatic heterocycles. The first kappa shape index (κ1) is 18.3. The van der Waals surface area contributed by atoms with Crippen molar-refractivity contribution >= 4 is 11.9 Å². The van der Waals surface area contributed by atoms with Gasteiger partial charge in [-0.05, 0) is 31.4 Å². The number of carbonyl (C=O) groups excluding carboxylic acids is 2. The Morgan fingerprint density at radius 1 is 1.29 bits per heavy atom. The van der Waals surface area contributed by atoms with Crippen molar-refractivity contribution in [2.24, 2.45) is 0 Å². The molecule has 24 heavy (non-hydrogen) atoms. The smallest absolute Gasteiger partial charge is 0.416 e. The second-order valence-corrected chi connectivity index (χ2v) is 6.00. The molecular formula is C17H20F3NO3. The first-order chi connectivity index (χ1) is 11.3. The number of hydrogen-bond donors (Lipinski definition) is 1. The molecule has 4 nitrogen and oxygen atoms in total. The third kappa shape index (κ3) is 5.25. The molecule has 1 aromatic rings. The first-order valence-corrected chi connectivity index (χ1v) is 7.91. The van der Waals surface area contributed by atoms with Crippen LogP contribution in [-0.4, -0.2) is 24.0 Å². The highest BCUT2D eigenvalue weighted by Crippen LogP contribution is 2.29. The standard InChI is InChI=1S/C17H20F3NO3/c1-11(16(23)21-14-7-2-3-8-14)24-15(22)10-12-5-4-6-13(9-12)17(18,19)20/h4-6,9,11,14H,2-3,7-8,10H2,1H3,(H,21,23). The molecule has 0 heterocycles. The van der Waals surface area contributed by atoms with Gasteiger partial charge in [0.1, 0.15) is 0 Å². The summed E-state index contributed by atoms with van der Waals surface area (Å²) in [6.07, 6.45) is -1.79. The van der Waals surface area contributed by atoms with Crippen molar-refractivity contribution in [3.05, 3.63) is 35.4 Å². The zero-order valence-corrected chi connectivity index (χ0v) is 13.4. The van der Waals surface area contributed by atoms with Crippen LogP contribution in [0.25, 0.3) is 0 Å². The lowest BCUT2D eigenvalue weighted by atomic mass is 10.1. The van der Waals surface area contributed by atoms with Gasteiger partial charge in [0.15, 0.2) is 6.10 Å². The maximum atomic E-state index is 12.6. The van der Waals surface area contributed by atoms with E-state index >= 15 is 0 Å². The quantitative estimate of drug-likeness (QED) is 0.835. The Labute approximate surface area is 138 Å². The average Bonchev–Trinajstić information content (AvgIpc) is 2.99. The predicted molar refractivity (Wildman–Crippen MR) is 81.1 cm³/mol. The Bertz CT molecular complexity index is 595. The molecule has 1 aromatic carbocycles. The van der Waals surface area contributed by atoms with Crippen molar-refractivity contribution in [2.45, 2.75) is 57.3 Å². The number of hydrogen-bond acceptors (Lipinski definition) is 3. The fraction of sp³-hybridized carbons (Fsp3) is 0.529. The summed E-state index contributed by atoms with van der Waals surface area (Å²) in [6, 6.07) is 4.61. The lowest BCUT2D eigenvalue weighted by Crippen LogP contribution is -2.41. The van der Waals surface area contributed by atoms with E-state index in [9.17, 15) is 22.8 Å². The molecule has 0 saturated heterocycles. The van der Waals surface area contributed by atoms with Crippen molar-refractivity contribution in [1.82, 2.24) is 5.32 Å². The SMILES string of the molecule is CC(OC(=O)Cc1cccc(C(F)(F)F)c1)C(=O)NC1CCCC1. The zero-order valence-electron chi connectivity index (χ0n) is 13.4. The summed E-state index contributed by atoms with van der Waals surface area (Å²) in [4.78, 5) is 23.8. The van der Waals surface area contributed by atoms with E-state index in [4.69, 9.17) is 4.74 Å². The van der Waals surface area contributed by atoms with Crippen LogP contribution in [0.15, 0.2) is 24.3 Å². The summed E-state index contributed by atoms with van der Waals surface area (Å²) < 4.78 is 43.0. The van der Waals surface area contributed by atoms with Gasteiger partial charge in [0.05, 0.1) is 12.0 Å².